The van der Waals surface area contributed by atoms with Gasteiger partial charge in [0.25, 0.3) is 0 Å². The van der Waals surface area contributed by atoms with Gasteiger partial charge in [-0.2, -0.15) is 0 Å². The van der Waals surface area contributed by atoms with E-state index in [2.05, 4.69) is 22.5 Å². The van der Waals surface area contributed by atoms with Crippen LogP contribution in [0.25, 0.3) is 0 Å². The van der Waals surface area contributed by atoms with E-state index in [9.17, 15) is 4.79 Å². The zero-order valence-electron chi connectivity index (χ0n) is 9.86. The first kappa shape index (κ1) is 12.5. The Bertz CT molecular complexity index is 375. The minimum absolute atomic E-state index is 0.0178. The summed E-state index contributed by atoms with van der Waals surface area (Å²) in [7, 11) is 0. The number of rotatable bonds is 4. The van der Waals surface area contributed by atoms with Gasteiger partial charge in [-0.25, -0.2) is 4.98 Å². The van der Waals surface area contributed by atoms with Gasteiger partial charge in [-0.05, 0) is 6.42 Å². The lowest BCUT2D eigenvalue weighted by molar-refractivity contribution is -0.126. The van der Waals surface area contributed by atoms with Crippen molar-refractivity contribution in [2.45, 2.75) is 25.9 Å². The van der Waals surface area contributed by atoms with Gasteiger partial charge in [0.05, 0.1) is 30.5 Å². The van der Waals surface area contributed by atoms with Crippen LogP contribution in [0.1, 0.15) is 17.6 Å². The summed E-state index contributed by atoms with van der Waals surface area (Å²) in [6, 6.07) is -0.229. The van der Waals surface area contributed by atoms with Crippen LogP contribution in [0.15, 0.2) is 5.38 Å². The van der Waals surface area contributed by atoms with Gasteiger partial charge in [-0.3, -0.25) is 4.79 Å². The summed E-state index contributed by atoms with van der Waals surface area (Å²) in [6.07, 6.45) is 0.941. The maximum atomic E-state index is 11.8. The summed E-state index contributed by atoms with van der Waals surface area (Å²) in [5, 5.41) is 9.08. The van der Waals surface area contributed by atoms with Crippen molar-refractivity contribution in [3.05, 3.63) is 16.1 Å². The first-order chi connectivity index (χ1) is 8.29. The fourth-order valence-corrected chi connectivity index (χ4v) is 2.37. The second-order valence-corrected chi connectivity index (χ2v) is 4.83. The highest BCUT2D eigenvalue weighted by Crippen LogP contribution is 2.09. The summed E-state index contributed by atoms with van der Waals surface area (Å²) in [4.78, 5) is 16.2. The molecule has 0 saturated carbocycles. The number of nitrogens with zero attached hydrogens (tertiary/aromatic N) is 1. The van der Waals surface area contributed by atoms with Crippen LogP contribution in [-0.4, -0.2) is 36.7 Å². The number of morpholine rings is 1. The maximum absolute atomic E-state index is 11.8. The van der Waals surface area contributed by atoms with Gasteiger partial charge in [0, 0.05) is 11.9 Å². The van der Waals surface area contributed by atoms with Gasteiger partial charge in [0.1, 0.15) is 6.04 Å². The number of amides is 1. The van der Waals surface area contributed by atoms with Crippen molar-refractivity contribution in [2.75, 3.05) is 19.8 Å². The van der Waals surface area contributed by atoms with Gasteiger partial charge in [0.15, 0.2) is 0 Å². The number of hydrogen-bond acceptors (Lipinski definition) is 5. The SMILES string of the molecule is CCc1nc(CNC(=O)C2COCCN2)cs1. The minimum atomic E-state index is -0.229. The largest absolute Gasteiger partial charge is 0.378 e. The average molecular weight is 255 g/mol. The van der Waals surface area contributed by atoms with Crippen molar-refractivity contribution < 1.29 is 9.53 Å². The molecule has 2 rings (SSSR count). The number of ether oxygens (including phenoxy) is 1. The van der Waals surface area contributed by atoms with Crippen LogP contribution in [0.4, 0.5) is 0 Å². The van der Waals surface area contributed by atoms with Gasteiger partial charge < -0.3 is 15.4 Å². The lowest BCUT2D eigenvalue weighted by Gasteiger charge is -2.22. The zero-order chi connectivity index (χ0) is 12.1. The summed E-state index contributed by atoms with van der Waals surface area (Å²) in [6.45, 7) is 4.42. The lowest BCUT2D eigenvalue weighted by atomic mass is 10.2. The van der Waals surface area contributed by atoms with E-state index in [1.165, 1.54) is 0 Å². The van der Waals surface area contributed by atoms with Crippen molar-refractivity contribution in [3.8, 4) is 0 Å². The number of carbonyl (C=O) groups is 1. The third-order valence-electron chi connectivity index (χ3n) is 2.58. The molecule has 94 valence electrons. The first-order valence-electron chi connectivity index (χ1n) is 5.81. The second kappa shape index (κ2) is 6.09. The standard InChI is InChI=1S/C11H17N3O2S/c1-2-10-14-8(7-17-10)5-13-11(15)9-6-16-4-3-12-9/h7,9,12H,2-6H2,1H3,(H,13,15). The molecule has 1 amide bonds. The Kier molecular flexibility index (Phi) is 4.47. The van der Waals surface area contributed by atoms with Crippen LogP contribution in [0, 0.1) is 0 Å². The second-order valence-electron chi connectivity index (χ2n) is 3.89. The lowest BCUT2D eigenvalue weighted by Crippen LogP contribution is -2.51. The predicted octanol–water partition coefficient (Wildman–Crippen LogP) is 0.310. The predicted molar refractivity (Wildman–Crippen MR) is 65.9 cm³/mol. The smallest absolute Gasteiger partial charge is 0.239 e. The highest BCUT2D eigenvalue weighted by molar-refractivity contribution is 7.09. The third kappa shape index (κ3) is 3.49. The first-order valence-corrected chi connectivity index (χ1v) is 6.69. The van der Waals surface area contributed by atoms with Crippen molar-refractivity contribution in [1.82, 2.24) is 15.6 Å². The molecule has 5 nitrogen and oxygen atoms in total. The molecule has 1 saturated heterocycles. The number of carbonyl (C=O) groups excluding carboxylic acids is 1. The average Bonchev–Trinajstić information content (AvgIpc) is 2.85. The van der Waals surface area contributed by atoms with E-state index >= 15 is 0 Å². The van der Waals surface area contributed by atoms with Crippen LogP contribution < -0.4 is 10.6 Å². The fraction of sp³-hybridized carbons (Fsp3) is 0.636. The molecular weight excluding hydrogens is 238 g/mol. The van der Waals surface area contributed by atoms with Crippen LogP contribution in [0.2, 0.25) is 0 Å². The van der Waals surface area contributed by atoms with E-state index in [1.807, 2.05) is 5.38 Å². The molecule has 2 N–H and O–H groups in total. The van der Waals surface area contributed by atoms with Crippen LogP contribution >= 0.6 is 11.3 Å². The zero-order valence-corrected chi connectivity index (χ0v) is 10.7. The molecule has 1 atom stereocenters. The molecule has 0 bridgehead atoms. The minimum Gasteiger partial charge on any atom is -0.378 e. The number of aryl methyl sites for hydroxylation is 1. The number of aromatic nitrogens is 1. The summed E-state index contributed by atoms with van der Waals surface area (Å²) in [5.74, 6) is -0.0178. The Labute approximate surface area is 105 Å². The molecule has 1 aliphatic heterocycles. The van der Waals surface area contributed by atoms with Crippen LogP contribution in [0.3, 0.4) is 0 Å². The van der Waals surface area contributed by atoms with Gasteiger partial charge in [-0.15, -0.1) is 11.3 Å². The summed E-state index contributed by atoms with van der Waals surface area (Å²) < 4.78 is 5.24. The molecule has 17 heavy (non-hydrogen) atoms. The van der Waals surface area contributed by atoms with Gasteiger partial charge in [-0.1, -0.05) is 6.92 Å². The molecule has 6 heteroatoms. The van der Waals surface area contributed by atoms with Crippen molar-refractivity contribution in [3.63, 3.8) is 0 Å². The highest BCUT2D eigenvalue weighted by Gasteiger charge is 2.20. The normalized spacial score (nSPS) is 20.2. The molecule has 1 aromatic heterocycles. The molecule has 1 aliphatic rings. The van der Waals surface area contributed by atoms with E-state index in [4.69, 9.17) is 4.74 Å². The molecule has 1 unspecified atom stereocenters. The topological polar surface area (TPSA) is 63.2 Å². The Morgan fingerprint density at radius 1 is 1.76 bits per heavy atom. The molecule has 1 fully saturated rings. The highest BCUT2D eigenvalue weighted by atomic mass is 32.1. The van der Waals surface area contributed by atoms with E-state index in [0.29, 0.717) is 19.8 Å². The third-order valence-corrected chi connectivity index (χ3v) is 3.63. The molecule has 1 aromatic rings. The number of nitrogens with one attached hydrogen (secondary N) is 2. The van der Waals surface area contributed by atoms with Crippen molar-refractivity contribution in [2.24, 2.45) is 0 Å². The Hall–Kier alpha value is -0.980. The van der Waals surface area contributed by atoms with Crippen molar-refractivity contribution >= 4 is 17.2 Å². The van der Waals surface area contributed by atoms with E-state index < -0.39 is 0 Å². The molecule has 2 heterocycles. The monoisotopic (exact) mass is 255 g/mol. The number of hydrogen-bond donors (Lipinski definition) is 2. The molecular formula is C11H17N3O2S. The molecule has 0 radical (unpaired) electrons. The number of thiazole rings is 1. The van der Waals surface area contributed by atoms with Crippen molar-refractivity contribution in [1.29, 1.82) is 0 Å². The van der Waals surface area contributed by atoms with Crippen LogP contribution in [-0.2, 0) is 22.5 Å². The van der Waals surface area contributed by atoms with Gasteiger partial charge in [0.2, 0.25) is 5.91 Å². The van der Waals surface area contributed by atoms with E-state index in [1.54, 1.807) is 11.3 Å². The maximum Gasteiger partial charge on any atom is 0.239 e. The van der Waals surface area contributed by atoms with Gasteiger partial charge >= 0.3 is 0 Å². The Balaban J connectivity index is 1.78. The van der Waals surface area contributed by atoms with E-state index in [0.717, 1.165) is 23.7 Å². The summed E-state index contributed by atoms with van der Waals surface area (Å²) in [5.41, 5.74) is 0.928. The van der Waals surface area contributed by atoms with E-state index in [-0.39, 0.29) is 11.9 Å². The summed E-state index contributed by atoms with van der Waals surface area (Å²) >= 11 is 1.63. The Morgan fingerprint density at radius 3 is 3.29 bits per heavy atom. The quantitative estimate of drug-likeness (QED) is 0.813. The Morgan fingerprint density at radius 2 is 2.65 bits per heavy atom. The molecule has 0 aromatic carbocycles. The molecule has 0 spiro atoms. The fourth-order valence-electron chi connectivity index (χ4n) is 1.63. The molecule has 0 aliphatic carbocycles. The van der Waals surface area contributed by atoms with Crippen LogP contribution in [0.5, 0.6) is 0 Å².